The summed E-state index contributed by atoms with van der Waals surface area (Å²) in [5.74, 6) is 1.14. The highest BCUT2D eigenvalue weighted by Crippen LogP contribution is 2.24. The molecule has 2 N–H and O–H groups in total. The topological polar surface area (TPSA) is 29.3 Å². The lowest BCUT2D eigenvalue weighted by Crippen LogP contribution is -2.36. The fourth-order valence-corrected chi connectivity index (χ4v) is 2.49. The van der Waals surface area contributed by atoms with Crippen molar-refractivity contribution >= 4 is 0 Å². The molecular weight excluding hydrogens is 263 g/mol. The van der Waals surface area contributed by atoms with E-state index in [2.05, 4.69) is 32.6 Å². The molecule has 1 unspecified atom stereocenters. The lowest BCUT2D eigenvalue weighted by Gasteiger charge is -2.32. The second-order valence-corrected chi connectivity index (χ2v) is 6.67. The van der Waals surface area contributed by atoms with Gasteiger partial charge in [-0.3, -0.25) is 4.90 Å². The van der Waals surface area contributed by atoms with E-state index in [0.717, 1.165) is 31.5 Å². The summed E-state index contributed by atoms with van der Waals surface area (Å²) in [5.41, 5.74) is 6.71. The van der Waals surface area contributed by atoms with E-state index in [1.807, 2.05) is 12.1 Å². The third-order valence-corrected chi connectivity index (χ3v) is 3.92. The van der Waals surface area contributed by atoms with Crippen molar-refractivity contribution in [1.29, 1.82) is 0 Å². The summed E-state index contributed by atoms with van der Waals surface area (Å²) in [5, 5.41) is 0. The molecule has 0 spiro atoms. The van der Waals surface area contributed by atoms with Crippen LogP contribution >= 0.6 is 0 Å². The Morgan fingerprint density at radius 1 is 1.00 bits per heavy atom. The molecule has 21 heavy (non-hydrogen) atoms. The summed E-state index contributed by atoms with van der Waals surface area (Å²) in [6, 6.07) is 7.00. The minimum atomic E-state index is -0.146. The average Bonchev–Trinajstić information content (AvgIpc) is 2.43. The highest BCUT2D eigenvalue weighted by molar-refractivity contribution is 5.21. The number of nitrogens with two attached hydrogens (primary N) is 1. The van der Waals surface area contributed by atoms with Gasteiger partial charge in [0.05, 0.1) is 0 Å². The van der Waals surface area contributed by atoms with Crippen LogP contribution in [-0.2, 0) is 0 Å². The molecule has 0 radical (unpaired) electrons. The Labute approximate surface area is 129 Å². The largest absolute Gasteiger partial charge is 0.329 e. The van der Waals surface area contributed by atoms with Crippen molar-refractivity contribution in [2.75, 3.05) is 19.6 Å². The standard InChI is InChI=1S/C18H31FN2/c1-14(2)9-11-21(12-10-15(3)4)18(13-20)16-7-5-6-8-17(16)19/h5-8,14-15,18H,9-13,20H2,1-4H3. The monoisotopic (exact) mass is 294 g/mol. The highest BCUT2D eigenvalue weighted by Gasteiger charge is 2.21. The molecule has 1 atom stereocenters. The van der Waals surface area contributed by atoms with Gasteiger partial charge in [-0.05, 0) is 43.8 Å². The van der Waals surface area contributed by atoms with Crippen molar-refractivity contribution in [3.8, 4) is 0 Å². The van der Waals surface area contributed by atoms with E-state index in [9.17, 15) is 4.39 Å². The van der Waals surface area contributed by atoms with Crippen molar-refractivity contribution in [3.05, 3.63) is 35.6 Å². The second kappa shape index (κ2) is 9.16. The lowest BCUT2D eigenvalue weighted by atomic mass is 10.0. The Morgan fingerprint density at radius 3 is 1.95 bits per heavy atom. The van der Waals surface area contributed by atoms with Crippen LogP contribution in [0.3, 0.4) is 0 Å². The maximum Gasteiger partial charge on any atom is 0.128 e. The molecule has 0 aliphatic rings. The first kappa shape index (κ1) is 18.1. The number of benzene rings is 1. The molecule has 0 aromatic heterocycles. The molecule has 0 aliphatic heterocycles. The first-order valence-corrected chi connectivity index (χ1v) is 8.14. The molecule has 0 bridgehead atoms. The van der Waals surface area contributed by atoms with Gasteiger partial charge in [0.15, 0.2) is 0 Å². The molecule has 0 amide bonds. The maximum absolute atomic E-state index is 14.1. The fourth-order valence-electron chi connectivity index (χ4n) is 2.49. The van der Waals surface area contributed by atoms with Gasteiger partial charge >= 0.3 is 0 Å². The van der Waals surface area contributed by atoms with Gasteiger partial charge in [-0.1, -0.05) is 45.9 Å². The van der Waals surface area contributed by atoms with Crippen molar-refractivity contribution < 1.29 is 4.39 Å². The Kier molecular flexibility index (Phi) is 7.91. The zero-order valence-electron chi connectivity index (χ0n) is 14.0. The van der Waals surface area contributed by atoms with Gasteiger partial charge in [-0.25, -0.2) is 4.39 Å². The SMILES string of the molecule is CC(C)CCN(CCC(C)C)C(CN)c1ccccc1F. The van der Waals surface area contributed by atoms with Crippen molar-refractivity contribution in [2.24, 2.45) is 17.6 Å². The summed E-state index contributed by atoms with van der Waals surface area (Å²) in [6.45, 7) is 11.3. The molecule has 2 nitrogen and oxygen atoms in total. The number of nitrogens with zero attached hydrogens (tertiary/aromatic N) is 1. The highest BCUT2D eigenvalue weighted by atomic mass is 19.1. The summed E-state index contributed by atoms with van der Waals surface area (Å²) in [6.07, 6.45) is 2.23. The van der Waals surface area contributed by atoms with Gasteiger partial charge in [0, 0.05) is 18.2 Å². The molecule has 1 aromatic rings. The lowest BCUT2D eigenvalue weighted by molar-refractivity contribution is 0.178. The van der Waals surface area contributed by atoms with Crippen LogP contribution in [0.2, 0.25) is 0 Å². The molecule has 0 saturated carbocycles. The van der Waals surface area contributed by atoms with E-state index in [-0.39, 0.29) is 11.9 Å². The van der Waals surface area contributed by atoms with Crippen LogP contribution in [0.4, 0.5) is 4.39 Å². The number of halogens is 1. The van der Waals surface area contributed by atoms with Crippen LogP contribution in [-0.4, -0.2) is 24.5 Å². The van der Waals surface area contributed by atoms with Gasteiger partial charge in [0.2, 0.25) is 0 Å². The maximum atomic E-state index is 14.1. The van der Waals surface area contributed by atoms with E-state index in [0.29, 0.717) is 18.4 Å². The third-order valence-electron chi connectivity index (χ3n) is 3.92. The van der Waals surface area contributed by atoms with Crippen LogP contribution in [0.15, 0.2) is 24.3 Å². The molecule has 120 valence electrons. The van der Waals surface area contributed by atoms with Crippen LogP contribution in [0, 0.1) is 17.7 Å². The summed E-state index contributed by atoms with van der Waals surface area (Å²) in [7, 11) is 0. The van der Waals surface area contributed by atoms with Gasteiger partial charge < -0.3 is 5.73 Å². The molecule has 0 aliphatic carbocycles. The first-order chi connectivity index (χ1) is 9.95. The van der Waals surface area contributed by atoms with Crippen LogP contribution in [0.25, 0.3) is 0 Å². The van der Waals surface area contributed by atoms with Gasteiger partial charge in [0.25, 0.3) is 0 Å². The second-order valence-electron chi connectivity index (χ2n) is 6.67. The molecular formula is C18H31FN2. The summed E-state index contributed by atoms with van der Waals surface area (Å²) >= 11 is 0. The van der Waals surface area contributed by atoms with Gasteiger partial charge in [-0.15, -0.1) is 0 Å². The Morgan fingerprint density at radius 2 is 1.52 bits per heavy atom. The molecule has 0 fully saturated rings. The number of hydrogen-bond donors (Lipinski definition) is 1. The van der Waals surface area contributed by atoms with E-state index in [1.54, 1.807) is 6.07 Å². The van der Waals surface area contributed by atoms with Crippen molar-refractivity contribution in [1.82, 2.24) is 4.90 Å². The van der Waals surface area contributed by atoms with Crippen molar-refractivity contribution in [3.63, 3.8) is 0 Å². The molecule has 3 heteroatoms. The number of hydrogen-bond acceptors (Lipinski definition) is 2. The summed E-state index contributed by atoms with van der Waals surface area (Å²) < 4.78 is 14.1. The van der Waals surface area contributed by atoms with Crippen molar-refractivity contribution in [2.45, 2.75) is 46.6 Å². The van der Waals surface area contributed by atoms with Crippen LogP contribution < -0.4 is 5.73 Å². The predicted molar refractivity (Wildman–Crippen MR) is 88.7 cm³/mol. The van der Waals surface area contributed by atoms with E-state index < -0.39 is 0 Å². The normalized spacial score (nSPS) is 13.4. The molecule has 1 rings (SSSR count). The first-order valence-electron chi connectivity index (χ1n) is 8.14. The van der Waals surface area contributed by atoms with E-state index in [1.165, 1.54) is 6.07 Å². The summed E-state index contributed by atoms with van der Waals surface area (Å²) in [4.78, 5) is 2.36. The number of rotatable bonds is 9. The van der Waals surface area contributed by atoms with Gasteiger partial charge in [0.1, 0.15) is 5.82 Å². The average molecular weight is 294 g/mol. The smallest absolute Gasteiger partial charge is 0.128 e. The molecule has 1 aromatic carbocycles. The van der Waals surface area contributed by atoms with Crippen LogP contribution in [0.1, 0.15) is 52.1 Å². The Balaban J connectivity index is 2.88. The third kappa shape index (κ3) is 6.15. The zero-order chi connectivity index (χ0) is 15.8. The fraction of sp³-hybridized carbons (Fsp3) is 0.667. The molecule has 0 heterocycles. The Bertz CT molecular complexity index is 392. The van der Waals surface area contributed by atoms with E-state index >= 15 is 0 Å². The van der Waals surface area contributed by atoms with Crippen LogP contribution in [0.5, 0.6) is 0 Å². The minimum absolute atomic E-state index is 0.0244. The zero-order valence-corrected chi connectivity index (χ0v) is 14.0. The predicted octanol–water partition coefficient (Wildman–Crippen LogP) is 4.22. The van der Waals surface area contributed by atoms with Gasteiger partial charge in [-0.2, -0.15) is 0 Å². The Hall–Kier alpha value is -0.930. The van der Waals surface area contributed by atoms with E-state index in [4.69, 9.17) is 5.73 Å². The quantitative estimate of drug-likeness (QED) is 0.739. The molecule has 0 saturated heterocycles. The minimum Gasteiger partial charge on any atom is -0.329 e.